The predicted molar refractivity (Wildman–Crippen MR) is 129 cm³/mol. The van der Waals surface area contributed by atoms with E-state index in [4.69, 9.17) is 21.1 Å². The Morgan fingerprint density at radius 3 is 2.33 bits per heavy atom. The lowest BCUT2D eigenvalue weighted by molar-refractivity contribution is -0.394. The van der Waals surface area contributed by atoms with Gasteiger partial charge in [-0.25, -0.2) is 0 Å². The second-order valence-corrected chi connectivity index (χ2v) is 7.96. The second kappa shape index (κ2) is 10.3. The van der Waals surface area contributed by atoms with Crippen LogP contribution >= 0.6 is 11.6 Å². The number of amides is 2. The number of non-ortho nitro benzene ring substituents is 2. The number of carbonyl (C=O) groups excluding carboxylic acids is 2. The Balaban J connectivity index is 1.52. The molecule has 0 unspecified atom stereocenters. The minimum absolute atomic E-state index is 0.167. The fourth-order valence-electron chi connectivity index (χ4n) is 3.45. The van der Waals surface area contributed by atoms with Crippen LogP contribution in [0.3, 0.4) is 0 Å². The molecule has 0 fully saturated rings. The van der Waals surface area contributed by atoms with E-state index >= 15 is 0 Å². The molecule has 1 N–H and O–H groups in total. The summed E-state index contributed by atoms with van der Waals surface area (Å²) in [6.45, 7) is 0.185. The lowest BCUT2D eigenvalue weighted by atomic mass is 10.1. The molecule has 0 saturated heterocycles. The summed E-state index contributed by atoms with van der Waals surface area (Å²) in [4.78, 5) is 47.3. The molecule has 13 heteroatoms. The van der Waals surface area contributed by atoms with Crippen molar-refractivity contribution in [3.05, 3.63) is 91.5 Å². The van der Waals surface area contributed by atoms with Crippen molar-refractivity contribution < 1.29 is 28.9 Å². The molecular formula is C23H17ClN4O8. The van der Waals surface area contributed by atoms with Gasteiger partial charge in [-0.05, 0) is 42.5 Å². The number of carbonyl (C=O) groups is 2. The smallest absolute Gasteiger partial charge is 0.277 e. The van der Waals surface area contributed by atoms with Crippen molar-refractivity contribution in [3.63, 3.8) is 0 Å². The van der Waals surface area contributed by atoms with Gasteiger partial charge in [0, 0.05) is 22.8 Å². The zero-order valence-electron chi connectivity index (χ0n) is 18.4. The Kier molecular flexibility index (Phi) is 6.97. The average molecular weight is 513 g/mol. The summed E-state index contributed by atoms with van der Waals surface area (Å²) in [6, 6.07) is 14.0. The van der Waals surface area contributed by atoms with Gasteiger partial charge in [0.1, 0.15) is 18.1 Å². The predicted octanol–water partition coefficient (Wildman–Crippen LogP) is 4.21. The first-order chi connectivity index (χ1) is 17.2. The van der Waals surface area contributed by atoms with Crippen LogP contribution in [0.4, 0.5) is 22.7 Å². The van der Waals surface area contributed by atoms with Gasteiger partial charge in [0.25, 0.3) is 23.2 Å². The highest BCUT2D eigenvalue weighted by atomic mass is 35.5. The summed E-state index contributed by atoms with van der Waals surface area (Å²) < 4.78 is 11.1. The van der Waals surface area contributed by atoms with Crippen molar-refractivity contribution in [2.45, 2.75) is 0 Å². The molecule has 0 bridgehead atoms. The van der Waals surface area contributed by atoms with Crippen molar-refractivity contribution >= 4 is 46.2 Å². The number of halogens is 1. The third kappa shape index (κ3) is 5.50. The maximum Gasteiger partial charge on any atom is 0.277 e. The number of nitrogens with one attached hydrogen (secondary N) is 1. The van der Waals surface area contributed by atoms with Gasteiger partial charge in [0.2, 0.25) is 0 Å². The largest absolute Gasteiger partial charge is 0.492 e. The van der Waals surface area contributed by atoms with Crippen molar-refractivity contribution in [2.75, 3.05) is 30.0 Å². The van der Waals surface area contributed by atoms with Crippen LogP contribution in [-0.2, 0) is 4.79 Å². The zero-order valence-corrected chi connectivity index (χ0v) is 19.1. The minimum Gasteiger partial charge on any atom is -0.492 e. The topological polar surface area (TPSA) is 154 Å². The standard InChI is InChI=1S/C23H17ClN4O8/c24-15-1-4-19(5-2-15)35-8-7-26-20-11-16(3-6-21(20)36-13-22(26)29)25-23(30)14-9-17(27(31)32)12-18(10-14)28(33)34/h1-6,9-12H,7-8,13H2,(H,25,30). The summed E-state index contributed by atoms with van der Waals surface area (Å²) >= 11 is 5.86. The third-order valence-corrected chi connectivity index (χ3v) is 5.40. The molecule has 3 aromatic carbocycles. The van der Waals surface area contributed by atoms with Gasteiger partial charge in [0.05, 0.1) is 33.7 Å². The van der Waals surface area contributed by atoms with Crippen LogP contribution in [0.5, 0.6) is 11.5 Å². The number of nitro groups is 2. The van der Waals surface area contributed by atoms with E-state index in [1.807, 2.05) is 0 Å². The quantitative estimate of drug-likeness (QED) is 0.347. The van der Waals surface area contributed by atoms with E-state index in [-0.39, 0.29) is 36.9 Å². The van der Waals surface area contributed by atoms with Crippen molar-refractivity contribution in [2.24, 2.45) is 0 Å². The molecular weight excluding hydrogens is 496 g/mol. The molecule has 184 valence electrons. The Bertz CT molecular complexity index is 1330. The van der Waals surface area contributed by atoms with Crippen LogP contribution in [0.2, 0.25) is 5.02 Å². The number of rotatable bonds is 8. The summed E-state index contributed by atoms with van der Waals surface area (Å²) in [6.07, 6.45) is 0. The molecule has 4 rings (SSSR count). The zero-order chi connectivity index (χ0) is 25.8. The molecule has 0 aliphatic carbocycles. The van der Waals surface area contributed by atoms with Gasteiger partial charge in [0.15, 0.2) is 6.61 Å². The Morgan fingerprint density at radius 1 is 1.03 bits per heavy atom. The molecule has 0 aromatic heterocycles. The molecule has 2 amide bonds. The van der Waals surface area contributed by atoms with Gasteiger partial charge >= 0.3 is 0 Å². The Labute approximate surface area is 208 Å². The van der Waals surface area contributed by atoms with E-state index in [0.717, 1.165) is 18.2 Å². The monoisotopic (exact) mass is 512 g/mol. The maximum atomic E-state index is 12.7. The van der Waals surface area contributed by atoms with Gasteiger partial charge < -0.3 is 19.7 Å². The number of fused-ring (bicyclic) bond motifs is 1. The van der Waals surface area contributed by atoms with Crippen LogP contribution in [0.25, 0.3) is 0 Å². The van der Waals surface area contributed by atoms with Crippen LogP contribution in [-0.4, -0.2) is 41.4 Å². The fourth-order valence-corrected chi connectivity index (χ4v) is 3.58. The molecule has 0 atom stereocenters. The van der Waals surface area contributed by atoms with Gasteiger partial charge in [-0.2, -0.15) is 0 Å². The minimum atomic E-state index is -0.824. The van der Waals surface area contributed by atoms with E-state index in [0.29, 0.717) is 22.2 Å². The van der Waals surface area contributed by atoms with E-state index in [2.05, 4.69) is 5.32 Å². The third-order valence-electron chi connectivity index (χ3n) is 5.14. The van der Waals surface area contributed by atoms with Gasteiger partial charge in [-0.3, -0.25) is 29.8 Å². The van der Waals surface area contributed by atoms with Gasteiger partial charge in [-0.15, -0.1) is 0 Å². The lowest BCUT2D eigenvalue weighted by Crippen LogP contribution is -2.41. The molecule has 1 aliphatic rings. The molecule has 0 radical (unpaired) electrons. The van der Waals surface area contributed by atoms with E-state index in [9.17, 15) is 29.8 Å². The number of benzene rings is 3. The summed E-state index contributed by atoms with van der Waals surface area (Å²) in [7, 11) is 0. The molecule has 0 saturated carbocycles. The number of anilines is 2. The number of nitro benzene ring substituents is 2. The van der Waals surface area contributed by atoms with E-state index in [1.54, 1.807) is 30.3 Å². The number of nitrogens with zero attached hydrogens (tertiary/aromatic N) is 3. The average Bonchev–Trinajstić information content (AvgIpc) is 2.86. The molecule has 3 aromatic rings. The fraction of sp³-hybridized carbons (Fsp3) is 0.130. The highest BCUT2D eigenvalue weighted by Crippen LogP contribution is 2.35. The molecule has 0 spiro atoms. The van der Waals surface area contributed by atoms with Crippen LogP contribution < -0.4 is 19.7 Å². The SMILES string of the molecule is O=C(Nc1ccc2c(c1)N(CCOc1ccc(Cl)cc1)C(=O)CO2)c1cc([N+](=O)[O-])cc([N+](=O)[O-])c1. The van der Waals surface area contributed by atoms with Crippen LogP contribution in [0, 0.1) is 20.2 Å². The first-order valence-corrected chi connectivity index (χ1v) is 10.8. The lowest BCUT2D eigenvalue weighted by Gasteiger charge is -2.29. The Morgan fingerprint density at radius 2 is 1.69 bits per heavy atom. The van der Waals surface area contributed by atoms with Crippen molar-refractivity contribution in [1.82, 2.24) is 0 Å². The van der Waals surface area contributed by atoms with Crippen LogP contribution in [0.1, 0.15) is 10.4 Å². The molecule has 1 heterocycles. The highest BCUT2D eigenvalue weighted by molar-refractivity contribution is 6.30. The summed E-state index contributed by atoms with van der Waals surface area (Å²) in [5.41, 5.74) is -0.825. The van der Waals surface area contributed by atoms with E-state index < -0.39 is 27.1 Å². The summed E-state index contributed by atoms with van der Waals surface area (Å²) in [5.74, 6) is -0.139. The van der Waals surface area contributed by atoms with E-state index in [1.165, 1.54) is 17.0 Å². The Hall–Kier alpha value is -4.71. The maximum absolute atomic E-state index is 12.7. The second-order valence-electron chi connectivity index (χ2n) is 7.53. The molecule has 1 aliphatic heterocycles. The number of hydrogen-bond donors (Lipinski definition) is 1. The molecule has 12 nitrogen and oxygen atoms in total. The van der Waals surface area contributed by atoms with Crippen molar-refractivity contribution in [1.29, 1.82) is 0 Å². The van der Waals surface area contributed by atoms with Crippen molar-refractivity contribution in [3.8, 4) is 11.5 Å². The first-order valence-electron chi connectivity index (χ1n) is 10.4. The highest BCUT2D eigenvalue weighted by Gasteiger charge is 2.26. The van der Waals surface area contributed by atoms with Crippen LogP contribution in [0.15, 0.2) is 60.7 Å². The first kappa shape index (κ1) is 24.4. The number of hydrogen-bond acceptors (Lipinski definition) is 8. The summed E-state index contributed by atoms with van der Waals surface area (Å²) in [5, 5.41) is 25.3. The normalized spacial score (nSPS) is 12.4. The number of ether oxygens (including phenoxy) is 2. The van der Waals surface area contributed by atoms with Gasteiger partial charge in [-0.1, -0.05) is 11.6 Å². The molecule has 36 heavy (non-hydrogen) atoms.